The van der Waals surface area contributed by atoms with E-state index in [4.69, 9.17) is 9.47 Å². The number of ether oxygens (including phenoxy) is 2. The van der Waals surface area contributed by atoms with Gasteiger partial charge in [0.25, 0.3) is 0 Å². The van der Waals surface area contributed by atoms with E-state index in [-0.39, 0.29) is 19.1 Å². The Bertz CT molecular complexity index is 639. The van der Waals surface area contributed by atoms with Gasteiger partial charge in [-0.25, -0.2) is 4.79 Å². The van der Waals surface area contributed by atoms with Crippen LogP contribution in [0.3, 0.4) is 0 Å². The number of amides is 1. The van der Waals surface area contributed by atoms with Gasteiger partial charge in [-0.05, 0) is 25.3 Å². The molecule has 1 unspecified atom stereocenters. The summed E-state index contributed by atoms with van der Waals surface area (Å²) < 4.78 is 10.4. The minimum absolute atomic E-state index is 0.140. The van der Waals surface area contributed by atoms with Crippen LogP contribution in [0.15, 0.2) is 0 Å². The average molecular weight is 368 g/mol. The topological polar surface area (TPSA) is 88.1 Å². The van der Waals surface area contributed by atoms with Gasteiger partial charge in [-0.1, -0.05) is 0 Å². The number of anilines is 1. The first-order chi connectivity index (χ1) is 12.1. The molecule has 1 saturated heterocycles. The van der Waals surface area contributed by atoms with Gasteiger partial charge in [-0.2, -0.15) is 0 Å². The summed E-state index contributed by atoms with van der Waals surface area (Å²) in [6, 6.07) is 0. The van der Waals surface area contributed by atoms with Crippen molar-refractivity contribution in [3.63, 3.8) is 0 Å². The van der Waals surface area contributed by atoms with Gasteiger partial charge < -0.3 is 19.9 Å². The van der Waals surface area contributed by atoms with E-state index in [0.29, 0.717) is 43.0 Å². The fourth-order valence-electron chi connectivity index (χ4n) is 3.18. The normalized spacial score (nSPS) is 20.8. The number of aliphatic hydroxyl groups excluding tert-OH is 1. The lowest BCUT2D eigenvalue weighted by Gasteiger charge is -2.26. The molecule has 0 spiro atoms. The molecule has 1 aromatic heterocycles. The Morgan fingerprint density at radius 3 is 2.88 bits per heavy atom. The van der Waals surface area contributed by atoms with Crippen LogP contribution in [-0.4, -0.2) is 67.4 Å². The zero-order chi connectivity index (χ0) is 17.8. The van der Waals surface area contributed by atoms with Crippen molar-refractivity contribution in [2.75, 3.05) is 44.8 Å². The van der Waals surface area contributed by atoms with Crippen molar-refractivity contribution in [2.45, 2.75) is 32.3 Å². The Morgan fingerprint density at radius 2 is 2.16 bits per heavy atom. The van der Waals surface area contributed by atoms with E-state index < -0.39 is 12.1 Å². The second-order valence-corrected chi connectivity index (χ2v) is 7.37. The third-order valence-electron chi connectivity index (χ3n) is 4.44. The van der Waals surface area contributed by atoms with Gasteiger partial charge in [0.1, 0.15) is 4.88 Å². The minimum Gasteiger partial charge on any atom is -0.462 e. The molecule has 1 aliphatic heterocycles. The summed E-state index contributed by atoms with van der Waals surface area (Å²) in [5.41, 5.74) is 1.54. The highest BCUT2D eigenvalue weighted by Crippen LogP contribution is 2.38. The second-order valence-electron chi connectivity index (χ2n) is 6.26. The van der Waals surface area contributed by atoms with Gasteiger partial charge in [0.2, 0.25) is 5.91 Å². The van der Waals surface area contributed by atoms with Crippen molar-refractivity contribution in [3.8, 4) is 0 Å². The van der Waals surface area contributed by atoms with E-state index in [1.165, 1.54) is 11.3 Å². The Morgan fingerprint density at radius 1 is 1.40 bits per heavy atom. The first-order valence-electron chi connectivity index (χ1n) is 8.68. The number of thiophene rings is 1. The van der Waals surface area contributed by atoms with Gasteiger partial charge in [0, 0.05) is 24.4 Å². The predicted molar refractivity (Wildman–Crippen MR) is 94.2 cm³/mol. The lowest BCUT2D eigenvalue weighted by Crippen LogP contribution is -2.41. The number of hydrogen-bond acceptors (Lipinski definition) is 7. The molecule has 1 atom stereocenters. The van der Waals surface area contributed by atoms with Crippen LogP contribution in [0.2, 0.25) is 0 Å². The number of nitrogens with one attached hydrogen (secondary N) is 1. The van der Waals surface area contributed by atoms with Crippen LogP contribution >= 0.6 is 11.3 Å². The lowest BCUT2D eigenvalue weighted by molar-refractivity contribution is -0.118. The van der Waals surface area contributed by atoms with Crippen LogP contribution in [0.25, 0.3) is 0 Å². The Labute approximate surface area is 150 Å². The predicted octanol–water partition coefficient (Wildman–Crippen LogP) is 1.05. The van der Waals surface area contributed by atoms with Crippen molar-refractivity contribution < 1.29 is 24.2 Å². The van der Waals surface area contributed by atoms with Gasteiger partial charge >= 0.3 is 5.97 Å². The molecule has 2 N–H and O–H groups in total. The number of hydrogen-bond donors (Lipinski definition) is 2. The summed E-state index contributed by atoms with van der Waals surface area (Å²) in [6.07, 6.45) is 1.42. The van der Waals surface area contributed by atoms with E-state index in [2.05, 4.69) is 5.32 Å². The second kappa shape index (κ2) is 8.27. The highest BCUT2D eigenvalue weighted by molar-refractivity contribution is 7.14. The SMILES string of the molecule is CCOC(=O)c1sc2c(c1NC(=O)CN1CCOCC1)CCC(O)C2. The van der Waals surface area contributed by atoms with Crippen molar-refractivity contribution in [1.29, 1.82) is 0 Å². The standard InChI is InChI=1S/C17H24N2O5S/c1-2-24-17(22)16-15(12-4-3-11(20)9-13(12)25-16)18-14(21)10-19-5-7-23-8-6-19/h11,20H,2-10H2,1H3,(H,18,21). The smallest absolute Gasteiger partial charge is 0.350 e. The highest BCUT2D eigenvalue weighted by atomic mass is 32.1. The minimum atomic E-state index is -0.418. The monoisotopic (exact) mass is 368 g/mol. The zero-order valence-electron chi connectivity index (χ0n) is 14.4. The molecule has 0 saturated carbocycles. The van der Waals surface area contributed by atoms with Crippen molar-refractivity contribution >= 4 is 28.9 Å². The van der Waals surface area contributed by atoms with Crippen LogP contribution in [0.1, 0.15) is 33.5 Å². The first kappa shape index (κ1) is 18.3. The fourth-order valence-corrected chi connectivity index (χ4v) is 4.45. The van der Waals surface area contributed by atoms with Crippen molar-refractivity contribution in [2.24, 2.45) is 0 Å². The molecule has 0 aromatic carbocycles. The average Bonchev–Trinajstić information content (AvgIpc) is 2.93. The number of carbonyl (C=O) groups excluding carboxylic acids is 2. The first-order valence-corrected chi connectivity index (χ1v) is 9.49. The number of nitrogens with zero attached hydrogens (tertiary/aromatic N) is 1. The molecule has 1 fully saturated rings. The van der Waals surface area contributed by atoms with Crippen molar-refractivity contribution in [3.05, 3.63) is 15.3 Å². The molecule has 1 aromatic rings. The van der Waals surface area contributed by atoms with E-state index in [9.17, 15) is 14.7 Å². The lowest BCUT2D eigenvalue weighted by atomic mass is 9.95. The van der Waals surface area contributed by atoms with Crippen molar-refractivity contribution in [1.82, 2.24) is 4.90 Å². The molecule has 1 aliphatic carbocycles. The Hall–Kier alpha value is -1.48. The summed E-state index contributed by atoms with van der Waals surface area (Å²) in [7, 11) is 0. The summed E-state index contributed by atoms with van der Waals surface area (Å²) in [4.78, 5) is 28.2. The fraction of sp³-hybridized carbons (Fsp3) is 0.647. The van der Waals surface area contributed by atoms with Crippen LogP contribution in [0, 0.1) is 0 Å². The van der Waals surface area contributed by atoms with Crippen LogP contribution in [0.4, 0.5) is 5.69 Å². The van der Waals surface area contributed by atoms with E-state index in [0.717, 1.165) is 23.5 Å². The van der Waals surface area contributed by atoms with Gasteiger partial charge in [-0.3, -0.25) is 9.69 Å². The Balaban J connectivity index is 1.78. The van der Waals surface area contributed by atoms with E-state index >= 15 is 0 Å². The van der Waals surface area contributed by atoms with Crippen LogP contribution < -0.4 is 5.32 Å². The molecule has 3 rings (SSSR count). The molecular formula is C17H24N2O5S. The molecule has 2 heterocycles. The highest BCUT2D eigenvalue weighted by Gasteiger charge is 2.29. The van der Waals surface area contributed by atoms with Gasteiger partial charge in [0.05, 0.1) is 38.2 Å². The van der Waals surface area contributed by atoms with E-state index in [1.54, 1.807) is 6.92 Å². The van der Waals surface area contributed by atoms with Crippen LogP contribution in [-0.2, 0) is 27.1 Å². The molecule has 7 nitrogen and oxygen atoms in total. The number of esters is 1. The maximum Gasteiger partial charge on any atom is 0.350 e. The summed E-state index contributed by atoms with van der Waals surface area (Å²) >= 11 is 1.32. The molecule has 8 heteroatoms. The number of fused-ring (bicyclic) bond motifs is 1. The Kier molecular flexibility index (Phi) is 6.06. The third-order valence-corrected chi connectivity index (χ3v) is 5.67. The van der Waals surface area contributed by atoms with Crippen LogP contribution in [0.5, 0.6) is 0 Å². The molecule has 0 radical (unpaired) electrons. The molecule has 25 heavy (non-hydrogen) atoms. The number of aliphatic hydroxyl groups is 1. The van der Waals surface area contributed by atoms with Gasteiger partial charge in [-0.15, -0.1) is 11.3 Å². The third kappa shape index (κ3) is 4.38. The zero-order valence-corrected chi connectivity index (χ0v) is 15.2. The summed E-state index contributed by atoms with van der Waals surface area (Å²) in [6.45, 7) is 5.04. The maximum absolute atomic E-state index is 12.5. The quantitative estimate of drug-likeness (QED) is 0.755. The number of carbonyl (C=O) groups is 2. The molecule has 1 amide bonds. The molecule has 2 aliphatic rings. The molecular weight excluding hydrogens is 344 g/mol. The molecule has 138 valence electrons. The maximum atomic E-state index is 12.5. The largest absolute Gasteiger partial charge is 0.462 e. The molecule has 0 bridgehead atoms. The van der Waals surface area contributed by atoms with Gasteiger partial charge in [0.15, 0.2) is 0 Å². The summed E-state index contributed by atoms with van der Waals surface area (Å²) in [5.74, 6) is -0.558. The number of morpholine rings is 1. The number of rotatable bonds is 5. The van der Waals surface area contributed by atoms with E-state index in [1.807, 2.05) is 4.90 Å². The summed E-state index contributed by atoms with van der Waals surface area (Å²) in [5, 5.41) is 12.8.